The Morgan fingerprint density at radius 1 is 0.969 bits per heavy atom. The van der Waals surface area contributed by atoms with Crippen LogP contribution in [0.2, 0.25) is 0 Å². The molecule has 2 unspecified atom stereocenters. The van der Waals surface area contributed by atoms with E-state index in [2.05, 4.69) is 84.0 Å². The summed E-state index contributed by atoms with van der Waals surface area (Å²) in [6, 6.07) is 24.6. The Morgan fingerprint density at radius 2 is 1.81 bits per heavy atom. The first-order valence-electron chi connectivity index (χ1n) is 11.8. The maximum absolute atomic E-state index is 6.44. The second kappa shape index (κ2) is 8.07. The Morgan fingerprint density at radius 3 is 2.72 bits per heavy atom. The number of nitrogens with one attached hydrogen (secondary N) is 1. The van der Waals surface area contributed by atoms with Gasteiger partial charge in [0, 0.05) is 29.8 Å². The third kappa shape index (κ3) is 3.47. The van der Waals surface area contributed by atoms with Crippen LogP contribution in [0, 0.1) is 0 Å². The van der Waals surface area contributed by atoms with Gasteiger partial charge in [-0.15, -0.1) is 0 Å². The minimum atomic E-state index is 0.254. The van der Waals surface area contributed by atoms with Gasteiger partial charge in [-0.25, -0.2) is 0 Å². The molecular formula is C29H28N2O. The molecule has 0 radical (unpaired) electrons. The predicted octanol–water partition coefficient (Wildman–Crippen LogP) is 6.80. The van der Waals surface area contributed by atoms with Gasteiger partial charge in [0.1, 0.15) is 11.3 Å². The summed E-state index contributed by atoms with van der Waals surface area (Å²) in [5.41, 5.74) is 8.83. The second-order valence-corrected chi connectivity index (χ2v) is 9.10. The quantitative estimate of drug-likeness (QED) is 0.394. The third-order valence-electron chi connectivity index (χ3n) is 7.03. The highest BCUT2D eigenvalue weighted by atomic mass is 16.3. The van der Waals surface area contributed by atoms with Crippen molar-refractivity contribution in [2.45, 2.75) is 44.7 Å². The number of hydrogen-bond donors (Lipinski definition) is 1. The molecule has 2 heterocycles. The van der Waals surface area contributed by atoms with E-state index in [9.17, 15) is 0 Å². The zero-order chi connectivity index (χ0) is 21.5. The van der Waals surface area contributed by atoms with E-state index in [1.54, 1.807) is 0 Å². The van der Waals surface area contributed by atoms with Crippen LogP contribution in [0.3, 0.4) is 0 Å². The molecule has 1 aliphatic carbocycles. The van der Waals surface area contributed by atoms with Crippen LogP contribution in [0.25, 0.3) is 22.1 Å². The SMILES string of the molecule is CC(NC1CCCc2c1oc1ccc(-c3ccc4c(c3)C=NCC4)cc21)c1ccccc1. The van der Waals surface area contributed by atoms with Crippen LogP contribution >= 0.6 is 0 Å². The highest BCUT2D eigenvalue weighted by molar-refractivity contribution is 5.90. The Kier molecular flexibility index (Phi) is 4.92. The van der Waals surface area contributed by atoms with Gasteiger partial charge in [0.05, 0.1) is 6.04 Å². The van der Waals surface area contributed by atoms with E-state index in [1.807, 2.05) is 6.21 Å². The van der Waals surface area contributed by atoms with Gasteiger partial charge < -0.3 is 9.73 Å². The van der Waals surface area contributed by atoms with Crippen LogP contribution in [0.1, 0.15) is 59.9 Å². The lowest BCUT2D eigenvalue weighted by Crippen LogP contribution is -2.27. The lowest BCUT2D eigenvalue weighted by atomic mass is 9.90. The van der Waals surface area contributed by atoms with Crippen molar-refractivity contribution in [1.29, 1.82) is 0 Å². The van der Waals surface area contributed by atoms with E-state index in [0.717, 1.165) is 37.2 Å². The number of rotatable bonds is 4. The molecule has 1 aromatic heterocycles. The summed E-state index contributed by atoms with van der Waals surface area (Å²) in [5, 5.41) is 5.09. The van der Waals surface area contributed by atoms with Crippen LogP contribution in [-0.2, 0) is 12.8 Å². The van der Waals surface area contributed by atoms with Crippen LogP contribution in [0.15, 0.2) is 76.1 Å². The Bertz CT molecular complexity index is 1300. The zero-order valence-electron chi connectivity index (χ0n) is 18.5. The van der Waals surface area contributed by atoms with Crippen molar-refractivity contribution in [3.8, 4) is 11.1 Å². The highest BCUT2D eigenvalue weighted by Crippen LogP contribution is 2.40. The molecule has 3 heteroatoms. The van der Waals surface area contributed by atoms with Gasteiger partial charge in [-0.05, 0) is 78.6 Å². The standard InChI is InChI=1S/C29H28N2O/c1-19(20-6-3-2-4-7-20)31-27-9-5-8-25-26-17-23(12-13-28(26)32-29(25)27)22-11-10-21-14-15-30-18-24(21)16-22/h2-4,6-7,10-13,16-19,27,31H,5,8-9,14-15H2,1H3. The molecule has 2 aliphatic rings. The topological polar surface area (TPSA) is 37.5 Å². The van der Waals surface area contributed by atoms with Crippen LogP contribution in [0.5, 0.6) is 0 Å². The molecule has 0 saturated heterocycles. The van der Waals surface area contributed by atoms with E-state index >= 15 is 0 Å². The number of aliphatic imine (C=N–C) groups is 1. The molecule has 0 bridgehead atoms. The molecule has 3 nitrogen and oxygen atoms in total. The minimum Gasteiger partial charge on any atom is -0.459 e. The first-order valence-corrected chi connectivity index (χ1v) is 11.8. The molecule has 0 saturated carbocycles. The summed E-state index contributed by atoms with van der Waals surface area (Å²) in [5.74, 6) is 1.13. The van der Waals surface area contributed by atoms with Crippen molar-refractivity contribution in [2.24, 2.45) is 4.99 Å². The molecule has 4 aromatic rings. The van der Waals surface area contributed by atoms with E-state index in [4.69, 9.17) is 4.42 Å². The Balaban J connectivity index is 1.34. The van der Waals surface area contributed by atoms with Crippen molar-refractivity contribution >= 4 is 17.2 Å². The second-order valence-electron chi connectivity index (χ2n) is 9.10. The number of fused-ring (bicyclic) bond motifs is 4. The number of hydrogen-bond acceptors (Lipinski definition) is 3. The van der Waals surface area contributed by atoms with Crippen LogP contribution < -0.4 is 5.32 Å². The van der Waals surface area contributed by atoms with Crippen LogP contribution in [-0.4, -0.2) is 12.8 Å². The smallest absolute Gasteiger partial charge is 0.134 e. The van der Waals surface area contributed by atoms with Crippen molar-refractivity contribution in [3.05, 3.63) is 94.7 Å². The molecule has 3 aromatic carbocycles. The van der Waals surface area contributed by atoms with Gasteiger partial charge in [0.2, 0.25) is 0 Å². The average molecular weight is 421 g/mol. The summed E-state index contributed by atoms with van der Waals surface area (Å²) in [7, 11) is 0. The monoisotopic (exact) mass is 420 g/mol. The fraction of sp³-hybridized carbons (Fsp3) is 0.276. The molecule has 6 rings (SSSR count). The van der Waals surface area contributed by atoms with E-state index < -0.39 is 0 Å². The average Bonchev–Trinajstić information content (AvgIpc) is 3.23. The summed E-state index contributed by atoms with van der Waals surface area (Å²) in [6.07, 6.45) is 6.43. The predicted molar refractivity (Wildman–Crippen MR) is 131 cm³/mol. The summed E-state index contributed by atoms with van der Waals surface area (Å²) in [6.45, 7) is 3.14. The molecule has 0 fully saturated rings. The van der Waals surface area contributed by atoms with Gasteiger partial charge >= 0.3 is 0 Å². The number of aryl methyl sites for hydroxylation is 1. The van der Waals surface area contributed by atoms with Gasteiger partial charge in [-0.3, -0.25) is 4.99 Å². The van der Waals surface area contributed by atoms with E-state index in [-0.39, 0.29) is 12.1 Å². The highest BCUT2D eigenvalue weighted by Gasteiger charge is 2.28. The number of nitrogens with zero attached hydrogens (tertiary/aromatic N) is 1. The van der Waals surface area contributed by atoms with E-state index in [1.165, 1.54) is 45.2 Å². The molecule has 160 valence electrons. The maximum atomic E-state index is 6.44. The van der Waals surface area contributed by atoms with Gasteiger partial charge in [-0.1, -0.05) is 48.5 Å². The lowest BCUT2D eigenvalue weighted by Gasteiger charge is -2.26. The normalized spacial score (nSPS) is 18.3. The van der Waals surface area contributed by atoms with Crippen molar-refractivity contribution in [1.82, 2.24) is 5.32 Å². The summed E-state index contributed by atoms with van der Waals surface area (Å²) in [4.78, 5) is 4.46. The third-order valence-corrected chi connectivity index (χ3v) is 7.03. The van der Waals surface area contributed by atoms with E-state index in [0.29, 0.717) is 0 Å². The number of benzene rings is 3. The van der Waals surface area contributed by atoms with Gasteiger partial charge in [-0.2, -0.15) is 0 Å². The molecule has 2 atom stereocenters. The zero-order valence-corrected chi connectivity index (χ0v) is 18.5. The minimum absolute atomic E-state index is 0.254. The fourth-order valence-corrected chi connectivity index (χ4v) is 5.27. The molecule has 0 spiro atoms. The van der Waals surface area contributed by atoms with Crippen molar-refractivity contribution in [2.75, 3.05) is 6.54 Å². The molecule has 32 heavy (non-hydrogen) atoms. The van der Waals surface area contributed by atoms with Crippen molar-refractivity contribution in [3.63, 3.8) is 0 Å². The fourth-order valence-electron chi connectivity index (χ4n) is 5.27. The molecule has 1 N–H and O–H groups in total. The van der Waals surface area contributed by atoms with Gasteiger partial charge in [0.25, 0.3) is 0 Å². The van der Waals surface area contributed by atoms with Gasteiger partial charge in [0.15, 0.2) is 0 Å². The summed E-state index contributed by atoms with van der Waals surface area (Å²) >= 11 is 0. The summed E-state index contributed by atoms with van der Waals surface area (Å²) < 4.78 is 6.44. The largest absolute Gasteiger partial charge is 0.459 e. The first-order chi connectivity index (χ1) is 15.8. The van der Waals surface area contributed by atoms with Crippen LogP contribution in [0.4, 0.5) is 0 Å². The number of furan rings is 1. The Labute approximate surface area is 189 Å². The Hall–Kier alpha value is -3.17. The molecule has 1 aliphatic heterocycles. The lowest BCUT2D eigenvalue weighted by molar-refractivity contribution is 0.353. The molecule has 0 amide bonds. The first kappa shape index (κ1) is 19.5. The maximum Gasteiger partial charge on any atom is 0.134 e. The van der Waals surface area contributed by atoms with Crippen molar-refractivity contribution < 1.29 is 4.42 Å². The molecular weight excluding hydrogens is 392 g/mol.